The van der Waals surface area contributed by atoms with Crippen molar-refractivity contribution < 1.29 is 18.4 Å². The molecule has 0 aromatic heterocycles. The van der Waals surface area contributed by atoms with Crippen molar-refractivity contribution in [1.29, 1.82) is 0 Å². The predicted molar refractivity (Wildman–Crippen MR) is 86.2 cm³/mol. The van der Waals surface area contributed by atoms with Crippen molar-refractivity contribution in [2.24, 2.45) is 0 Å². The van der Waals surface area contributed by atoms with Crippen LogP contribution in [0.3, 0.4) is 0 Å². The molecule has 132 valence electrons. The first-order valence-electron chi connectivity index (χ1n) is 8.04. The van der Waals surface area contributed by atoms with Gasteiger partial charge in [-0.2, -0.15) is 0 Å². The van der Waals surface area contributed by atoms with Gasteiger partial charge in [0.05, 0.1) is 12.5 Å². The van der Waals surface area contributed by atoms with Crippen molar-refractivity contribution in [3.63, 3.8) is 0 Å². The molecule has 1 aromatic carbocycles. The molecule has 0 radical (unpaired) electrons. The number of carbonyl (C=O) groups is 2. The van der Waals surface area contributed by atoms with Gasteiger partial charge in [-0.25, -0.2) is 8.78 Å². The Hall–Kier alpha value is -2.02. The number of benzene rings is 1. The molecule has 0 aliphatic carbocycles. The van der Waals surface area contributed by atoms with Gasteiger partial charge in [0.25, 0.3) is 0 Å². The molecule has 2 rings (SSSR count). The van der Waals surface area contributed by atoms with E-state index in [-0.39, 0.29) is 35.9 Å². The van der Waals surface area contributed by atoms with Gasteiger partial charge in [-0.05, 0) is 19.9 Å². The summed E-state index contributed by atoms with van der Waals surface area (Å²) in [7, 11) is 0. The summed E-state index contributed by atoms with van der Waals surface area (Å²) in [5.41, 5.74) is 0.107. The number of halogens is 2. The lowest BCUT2D eigenvalue weighted by atomic mass is 10.00. The first kappa shape index (κ1) is 18.3. The Kier molecular flexibility index (Phi) is 5.88. The highest BCUT2D eigenvalue weighted by molar-refractivity contribution is 5.79. The summed E-state index contributed by atoms with van der Waals surface area (Å²) in [5.74, 6) is -2.02. The molecular formula is C17H23F2N3O2. The van der Waals surface area contributed by atoms with Crippen LogP contribution in [0.1, 0.15) is 38.8 Å². The summed E-state index contributed by atoms with van der Waals surface area (Å²) in [6.45, 7) is 6.49. The molecular weight excluding hydrogens is 316 g/mol. The number of carbonyl (C=O) groups excluding carboxylic acids is 2. The minimum atomic E-state index is -0.826. The third-order valence-electron chi connectivity index (χ3n) is 4.45. The quantitative estimate of drug-likeness (QED) is 0.878. The van der Waals surface area contributed by atoms with Crippen molar-refractivity contribution in [1.82, 2.24) is 15.5 Å². The molecule has 3 unspecified atom stereocenters. The fourth-order valence-corrected chi connectivity index (χ4v) is 2.97. The van der Waals surface area contributed by atoms with Gasteiger partial charge in [0.15, 0.2) is 0 Å². The molecule has 3 atom stereocenters. The Morgan fingerprint density at radius 2 is 2.08 bits per heavy atom. The van der Waals surface area contributed by atoms with E-state index < -0.39 is 17.7 Å². The van der Waals surface area contributed by atoms with E-state index in [2.05, 4.69) is 10.6 Å². The second-order valence-corrected chi connectivity index (χ2v) is 6.19. The Balaban J connectivity index is 2.19. The van der Waals surface area contributed by atoms with Gasteiger partial charge in [-0.15, -0.1) is 0 Å². The SMILES string of the molecule is CC(=O)NC(CC(=O)N1CCNC(C)C1C)c1ccc(F)cc1F. The summed E-state index contributed by atoms with van der Waals surface area (Å²) < 4.78 is 27.2. The number of amides is 2. The number of piperazine rings is 1. The average molecular weight is 339 g/mol. The number of rotatable bonds is 4. The van der Waals surface area contributed by atoms with Gasteiger partial charge in [0, 0.05) is 43.7 Å². The van der Waals surface area contributed by atoms with Crippen molar-refractivity contribution in [3.05, 3.63) is 35.4 Å². The van der Waals surface area contributed by atoms with E-state index in [1.165, 1.54) is 13.0 Å². The zero-order valence-corrected chi connectivity index (χ0v) is 14.1. The number of hydrogen-bond donors (Lipinski definition) is 2. The number of nitrogens with one attached hydrogen (secondary N) is 2. The van der Waals surface area contributed by atoms with E-state index in [0.717, 1.165) is 12.1 Å². The number of hydrogen-bond acceptors (Lipinski definition) is 3. The molecule has 1 aliphatic rings. The maximum absolute atomic E-state index is 14.1. The third kappa shape index (κ3) is 4.29. The van der Waals surface area contributed by atoms with Crippen LogP contribution in [0, 0.1) is 11.6 Å². The molecule has 0 spiro atoms. The van der Waals surface area contributed by atoms with Crippen LogP contribution in [0.4, 0.5) is 8.78 Å². The van der Waals surface area contributed by atoms with Crippen LogP contribution in [0.15, 0.2) is 18.2 Å². The molecule has 1 aromatic rings. The molecule has 2 amide bonds. The Morgan fingerprint density at radius 3 is 2.71 bits per heavy atom. The fraction of sp³-hybridized carbons (Fsp3) is 0.529. The molecule has 1 aliphatic heterocycles. The van der Waals surface area contributed by atoms with Crippen LogP contribution in [-0.4, -0.2) is 41.9 Å². The minimum Gasteiger partial charge on any atom is -0.349 e. The fourth-order valence-electron chi connectivity index (χ4n) is 2.97. The van der Waals surface area contributed by atoms with Crippen LogP contribution < -0.4 is 10.6 Å². The number of nitrogens with zero attached hydrogens (tertiary/aromatic N) is 1. The summed E-state index contributed by atoms with van der Waals surface area (Å²) >= 11 is 0. The highest BCUT2D eigenvalue weighted by Crippen LogP contribution is 2.23. The lowest BCUT2D eigenvalue weighted by Crippen LogP contribution is -2.57. The van der Waals surface area contributed by atoms with E-state index in [1.807, 2.05) is 13.8 Å². The smallest absolute Gasteiger partial charge is 0.225 e. The van der Waals surface area contributed by atoms with Crippen LogP contribution in [0.2, 0.25) is 0 Å². The maximum Gasteiger partial charge on any atom is 0.225 e. The summed E-state index contributed by atoms with van der Waals surface area (Å²) in [6.07, 6.45) is -0.0702. The Labute approximate surface area is 140 Å². The van der Waals surface area contributed by atoms with Gasteiger partial charge in [0.2, 0.25) is 11.8 Å². The van der Waals surface area contributed by atoms with Crippen LogP contribution in [0.5, 0.6) is 0 Å². The highest BCUT2D eigenvalue weighted by Gasteiger charge is 2.30. The lowest BCUT2D eigenvalue weighted by Gasteiger charge is -2.39. The second-order valence-electron chi connectivity index (χ2n) is 6.19. The zero-order chi connectivity index (χ0) is 17.9. The monoisotopic (exact) mass is 339 g/mol. The summed E-state index contributed by atoms with van der Waals surface area (Å²) in [6, 6.07) is 2.47. The van der Waals surface area contributed by atoms with Gasteiger partial charge in [0.1, 0.15) is 11.6 Å². The van der Waals surface area contributed by atoms with Crippen molar-refractivity contribution in [2.45, 2.75) is 45.3 Å². The van der Waals surface area contributed by atoms with Gasteiger partial charge in [-0.3, -0.25) is 9.59 Å². The topological polar surface area (TPSA) is 61.4 Å². The molecule has 1 fully saturated rings. The summed E-state index contributed by atoms with van der Waals surface area (Å²) in [4.78, 5) is 25.8. The molecule has 24 heavy (non-hydrogen) atoms. The molecule has 0 saturated carbocycles. The Morgan fingerprint density at radius 1 is 1.38 bits per heavy atom. The van der Waals surface area contributed by atoms with Crippen molar-refractivity contribution in [2.75, 3.05) is 13.1 Å². The largest absolute Gasteiger partial charge is 0.349 e. The standard InChI is InChI=1S/C17H23F2N3O2/c1-10-11(2)22(7-6-20-10)17(24)9-16(21-12(3)23)14-5-4-13(18)8-15(14)19/h4-5,8,10-11,16,20H,6-7,9H2,1-3H3,(H,21,23). The van der Waals surface area contributed by atoms with Gasteiger partial charge >= 0.3 is 0 Å². The van der Waals surface area contributed by atoms with E-state index in [4.69, 9.17) is 0 Å². The average Bonchev–Trinajstić information content (AvgIpc) is 2.48. The van der Waals surface area contributed by atoms with E-state index in [1.54, 1.807) is 4.90 Å². The normalized spacial score (nSPS) is 22.1. The second kappa shape index (κ2) is 7.70. The van der Waals surface area contributed by atoms with E-state index in [0.29, 0.717) is 13.1 Å². The highest BCUT2D eigenvalue weighted by atomic mass is 19.1. The van der Waals surface area contributed by atoms with E-state index in [9.17, 15) is 18.4 Å². The van der Waals surface area contributed by atoms with Gasteiger partial charge in [-0.1, -0.05) is 6.07 Å². The molecule has 7 heteroatoms. The molecule has 1 heterocycles. The van der Waals surface area contributed by atoms with Crippen LogP contribution in [0.25, 0.3) is 0 Å². The van der Waals surface area contributed by atoms with Crippen LogP contribution >= 0.6 is 0 Å². The summed E-state index contributed by atoms with van der Waals surface area (Å²) in [5, 5.41) is 5.87. The lowest BCUT2D eigenvalue weighted by molar-refractivity contribution is -0.135. The molecule has 5 nitrogen and oxygen atoms in total. The molecule has 0 bridgehead atoms. The van der Waals surface area contributed by atoms with Crippen molar-refractivity contribution >= 4 is 11.8 Å². The molecule has 1 saturated heterocycles. The predicted octanol–water partition coefficient (Wildman–Crippen LogP) is 1.74. The van der Waals surface area contributed by atoms with Gasteiger partial charge < -0.3 is 15.5 Å². The first-order valence-corrected chi connectivity index (χ1v) is 8.04. The Bertz CT molecular complexity index is 624. The maximum atomic E-state index is 14.1. The van der Waals surface area contributed by atoms with Crippen molar-refractivity contribution in [3.8, 4) is 0 Å². The zero-order valence-electron chi connectivity index (χ0n) is 14.1. The minimum absolute atomic E-state index is 0.00212. The first-order chi connectivity index (χ1) is 11.3. The molecule has 2 N–H and O–H groups in total. The van der Waals surface area contributed by atoms with Crippen LogP contribution in [-0.2, 0) is 9.59 Å². The van der Waals surface area contributed by atoms with E-state index >= 15 is 0 Å². The third-order valence-corrected chi connectivity index (χ3v) is 4.45.